The fourth-order valence-corrected chi connectivity index (χ4v) is 1.91. The molecule has 0 saturated heterocycles. The van der Waals surface area contributed by atoms with Gasteiger partial charge in [-0.05, 0) is 34.1 Å². The summed E-state index contributed by atoms with van der Waals surface area (Å²) in [4.78, 5) is 23.1. The van der Waals surface area contributed by atoms with Crippen molar-refractivity contribution in [2.24, 2.45) is 0 Å². The largest absolute Gasteiger partial charge is 0.496 e. The molecular weight excluding hydrogens is 318 g/mol. The Balaban J connectivity index is 2.83. The Morgan fingerprint density at radius 1 is 1.42 bits per heavy atom. The Morgan fingerprint density at radius 2 is 2.11 bits per heavy atom. The molecule has 7 heteroatoms. The van der Waals surface area contributed by atoms with Gasteiger partial charge in [0.05, 0.1) is 25.3 Å². The van der Waals surface area contributed by atoms with Crippen LogP contribution in [0.2, 0.25) is 0 Å². The topological polar surface area (TPSA) is 84.9 Å². The first-order valence-corrected chi connectivity index (χ1v) is 6.15. The second-order valence-corrected chi connectivity index (χ2v) is 4.44. The number of amides is 1. The van der Waals surface area contributed by atoms with Gasteiger partial charge in [0.15, 0.2) is 6.04 Å². The summed E-state index contributed by atoms with van der Waals surface area (Å²) in [5.74, 6) is -0.612. The number of carbonyl (C=O) groups excluding carboxylic acids is 2. The molecule has 1 atom stereocenters. The van der Waals surface area contributed by atoms with Crippen LogP contribution in [0.1, 0.15) is 10.4 Å². The average Bonchev–Trinajstić information content (AvgIpc) is 2.43. The van der Waals surface area contributed by atoms with Gasteiger partial charge in [0, 0.05) is 5.56 Å². The molecule has 6 nitrogen and oxygen atoms in total. The molecule has 0 aromatic heterocycles. The number of esters is 1. The Bertz CT molecular complexity index is 477. The van der Waals surface area contributed by atoms with Crippen LogP contribution in [0.25, 0.3) is 0 Å². The molecule has 2 N–H and O–H groups in total. The predicted octanol–water partition coefficient (Wildman–Crippen LogP) is 0.721. The first kappa shape index (κ1) is 15.5. The molecule has 19 heavy (non-hydrogen) atoms. The molecule has 0 aliphatic rings. The number of ether oxygens (including phenoxy) is 2. The van der Waals surface area contributed by atoms with Gasteiger partial charge < -0.3 is 19.9 Å². The molecule has 0 saturated carbocycles. The van der Waals surface area contributed by atoms with E-state index in [1.165, 1.54) is 14.2 Å². The molecule has 1 rings (SSSR count). The first-order valence-electron chi connectivity index (χ1n) is 5.36. The molecule has 0 unspecified atom stereocenters. The Hall–Kier alpha value is -1.60. The van der Waals surface area contributed by atoms with Gasteiger partial charge in [-0.3, -0.25) is 4.79 Å². The van der Waals surface area contributed by atoms with Gasteiger partial charge in [0.1, 0.15) is 5.75 Å². The molecule has 0 radical (unpaired) electrons. The number of nitrogens with one attached hydrogen (secondary N) is 1. The van der Waals surface area contributed by atoms with E-state index in [0.717, 1.165) is 0 Å². The van der Waals surface area contributed by atoms with Crippen LogP contribution in [-0.4, -0.2) is 43.9 Å². The van der Waals surface area contributed by atoms with Crippen LogP contribution in [0.4, 0.5) is 0 Å². The zero-order valence-electron chi connectivity index (χ0n) is 10.5. The van der Waals surface area contributed by atoms with E-state index in [4.69, 9.17) is 9.84 Å². The van der Waals surface area contributed by atoms with Gasteiger partial charge in [0.25, 0.3) is 5.91 Å². The average molecular weight is 332 g/mol. The van der Waals surface area contributed by atoms with Crippen molar-refractivity contribution in [1.82, 2.24) is 5.32 Å². The first-order chi connectivity index (χ1) is 9.03. The summed E-state index contributed by atoms with van der Waals surface area (Å²) in [6.07, 6.45) is 0. The molecule has 0 heterocycles. The zero-order valence-corrected chi connectivity index (χ0v) is 12.1. The number of benzene rings is 1. The zero-order chi connectivity index (χ0) is 14.4. The molecule has 0 spiro atoms. The molecule has 1 amide bonds. The van der Waals surface area contributed by atoms with Crippen molar-refractivity contribution in [3.05, 3.63) is 28.2 Å². The lowest BCUT2D eigenvalue weighted by atomic mass is 10.2. The quantitative estimate of drug-likeness (QED) is 0.776. The van der Waals surface area contributed by atoms with Crippen molar-refractivity contribution in [3.8, 4) is 5.75 Å². The lowest BCUT2D eigenvalue weighted by Gasteiger charge is -2.14. The van der Waals surface area contributed by atoms with E-state index in [1.54, 1.807) is 18.2 Å². The van der Waals surface area contributed by atoms with Gasteiger partial charge in [-0.2, -0.15) is 0 Å². The number of hydrogen-bond donors (Lipinski definition) is 2. The number of halogens is 1. The standard InChI is InChI=1S/C12H14BrNO5/c1-18-10-4-3-7(5-8(10)13)11(16)14-9(6-15)12(17)19-2/h3-5,9,15H,6H2,1-2H3,(H,14,16)/t9-/m0/s1. The van der Waals surface area contributed by atoms with E-state index >= 15 is 0 Å². The third-order valence-corrected chi connectivity index (χ3v) is 3.01. The second-order valence-electron chi connectivity index (χ2n) is 3.58. The highest BCUT2D eigenvalue weighted by Gasteiger charge is 2.21. The van der Waals surface area contributed by atoms with Gasteiger partial charge >= 0.3 is 5.97 Å². The highest BCUT2D eigenvalue weighted by atomic mass is 79.9. The number of rotatable bonds is 5. The maximum Gasteiger partial charge on any atom is 0.330 e. The molecule has 104 valence electrons. The SMILES string of the molecule is COC(=O)[C@H](CO)NC(=O)c1ccc(OC)c(Br)c1. The number of aliphatic hydroxyl groups excluding tert-OH is 1. The van der Waals surface area contributed by atoms with Crippen molar-refractivity contribution < 1.29 is 24.2 Å². The van der Waals surface area contributed by atoms with Crippen molar-refractivity contribution >= 4 is 27.8 Å². The van der Waals surface area contributed by atoms with Crippen LogP contribution < -0.4 is 10.1 Å². The van der Waals surface area contributed by atoms with Crippen molar-refractivity contribution in [3.63, 3.8) is 0 Å². The normalized spacial score (nSPS) is 11.6. The molecule has 1 aromatic carbocycles. The number of carbonyl (C=O) groups is 2. The summed E-state index contributed by atoms with van der Waals surface area (Å²) in [7, 11) is 2.69. The summed E-state index contributed by atoms with van der Waals surface area (Å²) in [6.45, 7) is -0.532. The van der Waals surface area contributed by atoms with E-state index in [9.17, 15) is 9.59 Å². The summed E-state index contributed by atoms with van der Waals surface area (Å²) in [5, 5.41) is 11.4. The second kappa shape index (κ2) is 7.10. The van der Waals surface area contributed by atoms with Crippen molar-refractivity contribution in [1.29, 1.82) is 0 Å². The third kappa shape index (κ3) is 3.93. The maximum atomic E-state index is 11.9. The van der Waals surface area contributed by atoms with Gasteiger partial charge in [-0.15, -0.1) is 0 Å². The Morgan fingerprint density at radius 3 is 2.58 bits per heavy atom. The molecule has 0 fully saturated rings. The van der Waals surface area contributed by atoms with Crippen molar-refractivity contribution in [2.75, 3.05) is 20.8 Å². The smallest absolute Gasteiger partial charge is 0.330 e. The molecule has 0 aliphatic carbocycles. The van der Waals surface area contributed by atoms with Crippen LogP contribution in [0, 0.1) is 0 Å². The minimum Gasteiger partial charge on any atom is -0.496 e. The maximum absolute atomic E-state index is 11.9. The number of hydrogen-bond acceptors (Lipinski definition) is 5. The number of methoxy groups -OCH3 is 2. The highest BCUT2D eigenvalue weighted by Crippen LogP contribution is 2.25. The summed E-state index contributed by atoms with van der Waals surface area (Å²) < 4.78 is 10.1. The Kier molecular flexibility index (Phi) is 5.78. The molecular formula is C12H14BrNO5. The van der Waals surface area contributed by atoms with Gasteiger partial charge in [0.2, 0.25) is 0 Å². The fraction of sp³-hybridized carbons (Fsp3) is 0.333. The molecule has 1 aromatic rings. The van der Waals surface area contributed by atoms with E-state index < -0.39 is 24.5 Å². The van der Waals surface area contributed by atoms with Crippen LogP contribution in [-0.2, 0) is 9.53 Å². The summed E-state index contributed by atoms with van der Waals surface area (Å²) >= 11 is 3.26. The fourth-order valence-electron chi connectivity index (χ4n) is 1.37. The summed E-state index contributed by atoms with van der Waals surface area (Å²) in [6, 6.07) is 3.63. The number of aliphatic hydroxyl groups is 1. The monoisotopic (exact) mass is 331 g/mol. The summed E-state index contributed by atoms with van der Waals surface area (Å²) in [5.41, 5.74) is 0.329. The van der Waals surface area contributed by atoms with E-state index in [2.05, 4.69) is 26.0 Å². The van der Waals surface area contributed by atoms with E-state index in [-0.39, 0.29) is 0 Å². The van der Waals surface area contributed by atoms with Crippen LogP contribution >= 0.6 is 15.9 Å². The van der Waals surface area contributed by atoms with Crippen LogP contribution in [0.15, 0.2) is 22.7 Å². The lowest BCUT2D eigenvalue weighted by Crippen LogP contribution is -2.44. The third-order valence-electron chi connectivity index (χ3n) is 2.39. The minimum atomic E-state index is -1.08. The Labute approximate surface area is 118 Å². The highest BCUT2D eigenvalue weighted by molar-refractivity contribution is 9.10. The van der Waals surface area contributed by atoms with E-state index in [1.807, 2.05) is 0 Å². The lowest BCUT2D eigenvalue weighted by molar-refractivity contribution is -0.143. The van der Waals surface area contributed by atoms with E-state index in [0.29, 0.717) is 15.8 Å². The van der Waals surface area contributed by atoms with Crippen LogP contribution in [0.5, 0.6) is 5.75 Å². The molecule has 0 aliphatic heterocycles. The van der Waals surface area contributed by atoms with Gasteiger partial charge in [-0.25, -0.2) is 4.79 Å². The molecule has 0 bridgehead atoms. The van der Waals surface area contributed by atoms with Crippen LogP contribution in [0.3, 0.4) is 0 Å². The van der Waals surface area contributed by atoms with Gasteiger partial charge in [-0.1, -0.05) is 0 Å². The minimum absolute atomic E-state index is 0.329. The predicted molar refractivity (Wildman–Crippen MR) is 71.1 cm³/mol. The van der Waals surface area contributed by atoms with Crippen molar-refractivity contribution in [2.45, 2.75) is 6.04 Å².